The fourth-order valence-corrected chi connectivity index (χ4v) is 7.33. The number of sulfonamides is 1. The van der Waals surface area contributed by atoms with Gasteiger partial charge < -0.3 is 15.7 Å². The molecule has 0 saturated carbocycles. The van der Waals surface area contributed by atoms with Crippen molar-refractivity contribution < 1.29 is 36.3 Å². The molecule has 0 spiro atoms. The zero-order valence-electron chi connectivity index (χ0n) is 18.7. The van der Waals surface area contributed by atoms with Crippen molar-refractivity contribution in [2.24, 2.45) is 0 Å². The number of benzene rings is 1. The summed E-state index contributed by atoms with van der Waals surface area (Å²) < 4.78 is 62.2. The Morgan fingerprint density at radius 3 is 2.62 bits per heavy atom. The molecule has 0 radical (unpaired) electrons. The Morgan fingerprint density at radius 1 is 1.24 bits per heavy atom. The molecule has 1 fully saturated rings. The molecule has 4 aromatic rings. The summed E-state index contributed by atoms with van der Waals surface area (Å²) in [6.45, 7) is 0.867. The first-order valence-electron chi connectivity index (χ1n) is 10.6. The van der Waals surface area contributed by atoms with Gasteiger partial charge in [0.2, 0.25) is 5.91 Å². The van der Waals surface area contributed by atoms with Crippen LogP contribution in [0.15, 0.2) is 52.2 Å². The van der Waals surface area contributed by atoms with E-state index in [4.69, 9.17) is 15.6 Å². The van der Waals surface area contributed by atoms with Crippen LogP contribution < -0.4 is 10.5 Å². The number of nitrogen functional groups attached to an aromatic ring is 1. The summed E-state index contributed by atoms with van der Waals surface area (Å²) in [7, 11) is -3.77. The van der Waals surface area contributed by atoms with Gasteiger partial charge in [-0.15, -0.1) is 22.7 Å². The highest BCUT2D eigenvalue weighted by Gasteiger charge is 2.38. The van der Waals surface area contributed by atoms with Gasteiger partial charge in [0.15, 0.2) is 0 Å². The molecule has 4 heterocycles. The van der Waals surface area contributed by atoms with Crippen LogP contribution >= 0.6 is 22.7 Å². The van der Waals surface area contributed by atoms with E-state index in [0.717, 1.165) is 25.7 Å². The molecule has 1 amide bonds. The van der Waals surface area contributed by atoms with Crippen LogP contribution in [0.2, 0.25) is 0 Å². The SMILES string of the molecule is Nc1nccc2scc(CN3CCC(NS(=O)(=O)c4cc5ccccc5s4)C3=O)c12.O=C(O)C(F)(F)F. The van der Waals surface area contributed by atoms with E-state index in [1.807, 2.05) is 35.7 Å². The van der Waals surface area contributed by atoms with Crippen molar-refractivity contribution in [2.45, 2.75) is 29.4 Å². The summed E-state index contributed by atoms with van der Waals surface area (Å²) in [4.78, 5) is 27.6. The maximum atomic E-state index is 12.9. The minimum Gasteiger partial charge on any atom is -0.475 e. The number of thiophene rings is 2. The minimum absolute atomic E-state index is 0.220. The highest BCUT2D eigenvalue weighted by atomic mass is 32.2. The predicted octanol–water partition coefficient (Wildman–Crippen LogP) is 3.81. The number of halogens is 3. The maximum Gasteiger partial charge on any atom is 0.490 e. The number of nitrogens with two attached hydrogens (primary N) is 1. The highest BCUT2D eigenvalue weighted by molar-refractivity contribution is 7.91. The standard InChI is InChI=1S/C20H18N4O3S3.C2HF3O2/c21-19-18-13(11-28-16(18)5-7-22-19)10-24-8-6-14(20(24)25)23-30(26,27)17-9-12-3-1-2-4-15(12)29-17;3-2(4,5)1(6)7/h1-5,7,9,11,14,23H,6,8,10H2,(H2,21,22);(H,6,7). The Morgan fingerprint density at radius 2 is 1.95 bits per heavy atom. The van der Waals surface area contributed by atoms with Crippen LogP contribution in [0, 0.1) is 0 Å². The second-order valence-corrected chi connectivity index (χ2v) is 11.9. The largest absolute Gasteiger partial charge is 0.490 e. The van der Waals surface area contributed by atoms with Gasteiger partial charge in [-0.3, -0.25) is 4.79 Å². The zero-order valence-corrected chi connectivity index (χ0v) is 21.2. The molecule has 37 heavy (non-hydrogen) atoms. The second kappa shape index (κ2) is 10.2. The molecule has 1 aliphatic rings. The third kappa shape index (κ3) is 5.84. The number of aliphatic carboxylic acids is 1. The zero-order chi connectivity index (χ0) is 27.0. The molecule has 4 N–H and O–H groups in total. The Bertz CT molecular complexity index is 1550. The van der Waals surface area contributed by atoms with E-state index in [1.165, 1.54) is 11.3 Å². The molecule has 1 aliphatic heterocycles. The van der Waals surface area contributed by atoms with Crippen molar-refractivity contribution in [2.75, 3.05) is 12.3 Å². The van der Waals surface area contributed by atoms with Gasteiger partial charge in [0.1, 0.15) is 16.1 Å². The summed E-state index contributed by atoms with van der Waals surface area (Å²) in [6, 6.07) is 10.3. The lowest BCUT2D eigenvalue weighted by molar-refractivity contribution is -0.192. The van der Waals surface area contributed by atoms with Gasteiger partial charge in [0.05, 0.1) is 0 Å². The molecule has 5 rings (SSSR count). The molecule has 1 aromatic carbocycles. The van der Waals surface area contributed by atoms with Crippen molar-refractivity contribution >= 4 is 70.6 Å². The number of alkyl halides is 3. The van der Waals surface area contributed by atoms with E-state index in [1.54, 1.807) is 28.5 Å². The van der Waals surface area contributed by atoms with Gasteiger partial charge >= 0.3 is 12.1 Å². The van der Waals surface area contributed by atoms with E-state index in [0.29, 0.717) is 25.3 Å². The number of aromatic nitrogens is 1. The summed E-state index contributed by atoms with van der Waals surface area (Å²) in [5.74, 6) is -2.54. The monoisotopic (exact) mass is 572 g/mol. The van der Waals surface area contributed by atoms with Gasteiger partial charge in [0, 0.05) is 34.1 Å². The molecular weight excluding hydrogens is 553 g/mol. The van der Waals surface area contributed by atoms with Crippen molar-refractivity contribution in [3.8, 4) is 0 Å². The second-order valence-electron chi connectivity index (χ2n) is 7.96. The third-order valence-electron chi connectivity index (χ3n) is 5.46. The number of fused-ring (bicyclic) bond motifs is 2. The molecule has 1 atom stereocenters. The summed E-state index contributed by atoms with van der Waals surface area (Å²) in [5.41, 5.74) is 6.95. The molecule has 1 saturated heterocycles. The van der Waals surface area contributed by atoms with E-state index >= 15 is 0 Å². The van der Waals surface area contributed by atoms with Gasteiger partial charge in [0.25, 0.3) is 10.0 Å². The number of likely N-dealkylation sites (tertiary alicyclic amines) is 1. The molecule has 1 unspecified atom stereocenters. The molecule has 15 heteroatoms. The Labute approximate surface area is 216 Å². The number of carbonyl (C=O) groups excluding carboxylic acids is 1. The Balaban J connectivity index is 0.000000405. The number of hydrogen-bond acceptors (Lipinski definition) is 8. The lowest BCUT2D eigenvalue weighted by Gasteiger charge is -2.17. The average Bonchev–Trinajstić information content (AvgIpc) is 3.53. The molecule has 0 aliphatic carbocycles. The van der Waals surface area contributed by atoms with Crippen molar-refractivity contribution in [1.29, 1.82) is 0 Å². The van der Waals surface area contributed by atoms with Crippen LogP contribution in [0.3, 0.4) is 0 Å². The molecule has 3 aromatic heterocycles. The first-order chi connectivity index (χ1) is 17.4. The van der Waals surface area contributed by atoms with Gasteiger partial charge in [-0.05, 0) is 40.9 Å². The van der Waals surface area contributed by atoms with Crippen LogP contribution in [-0.4, -0.2) is 54.0 Å². The number of carboxylic acid groups (broad SMARTS) is 1. The summed E-state index contributed by atoms with van der Waals surface area (Å²) in [5, 5.41) is 10.8. The van der Waals surface area contributed by atoms with Crippen LogP contribution in [-0.2, 0) is 26.2 Å². The number of amides is 1. The fraction of sp³-hybridized carbons (Fsp3) is 0.227. The average molecular weight is 573 g/mol. The highest BCUT2D eigenvalue weighted by Crippen LogP contribution is 2.32. The maximum absolute atomic E-state index is 12.9. The van der Waals surface area contributed by atoms with E-state index < -0.39 is 28.2 Å². The lowest BCUT2D eigenvalue weighted by Crippen LogP contribution is -2.41. The minimum atomic E-state index is -5.08. The number of carbonyl (C=O) groups is 2. The van der Waals surface area contributed by atoms with Crippen LogP contribution in [0.4, 0.5) is 19.0 Å². The number of nitrogens with zero attached hydrogens (tertiary/aromatic N) is 2. The third-order valence-corrected chi connectivity index (χ3v) is 9.52. The first kappa shape index (κ1) is 26.8. The molecule has 9 nitrogen and oxygen atoms in total. The number of nitrogens with one attached hydrogen (secondary N) is 1. The Kier molecular flexibility index (Phi) is 7.41. The smallest absolute Gasteiger partial charge is 0.475 e. The molecule has 0 bridgehead atoms. The van der Waals surface area contributed by atoms with Gasteiger partial charge in [-0.25, -0.2) is 18.2 Å². The summed E-state index contributed by atoms with van der Waals surface area (Å²) >= 11 is 2.76. The van der Waals surface area contributed by atoms with Crippen LogP contribution in [0.1, 0.15) is 12.0 Å². The predicted molar refractivity (Wildman–Crippen MR) is 134 cm³/mol. The topological polar surface area (TPSA) is 143 Å². The number of anilines is 1. The van der Waals surface area contributed by atoms with Crippen molar-refractivity contribution in [1.82, 2.24) is 14.6 Å². The summed E-state index contributed by atoms with van der Waals surface area (Å²) in [6.07, 6.45) is -2.99. The normalized spacial score (nSPS) is 16.2. The fourth-order valence-electron chi connectivity index (χ4n) is 3.74. The van der Waals surface area contributed by atoms with E-state index in [2.05, 4.69) is 9.71 Å². The number of rotatable bonds is 5. The first-order valence-corrected chi connectivity index (χ1v) is 13.7. The quantitative estimate of drug-likeness (QED) is 0.330. The van der Waals surface area contributed by atoms with Crippen LogP contribution in [0.25, 0.3) is 20.2 Å². The molecule has 196 valence electrons. The van der Waals surface area contributed by atoms with Gasteiger partial charge in [-0.1, -0.05) is 18.2 Å². The number of pyridine rings is 1. The van der Waals surface area contributed by atoms with Crippen LogP contribution in [0.5, 0.6) is 0 Å². The lowest BCUT2D eigenvalue weighted by atomic mass is 10.2. The van der Waals surface area contributed by atoms with Crippen molar-refractivity contribution in [3.63, 3.8) is 0 Å². The molecular formula is C22H19F3N4O5S3. The van der Waals surface area contributed by atoms with Gasteiger partial charge in [-0.2, -0.15) is 17.9 Å². The Hall–Kier alpha value is -3.27. The van der Waals surface area contributed by atoms with E-state index in [-0.39, 0.29) is 10.1 Å². The number of hydrogen-bond donors (Lipinski definition) is 3. The number of carboxylic acids is 1. The van der Waals surface area contributed by atoms with Crippen molar-refractivity contribution in [3.05, 3.63) is 53.5 Å². The van der Waals surface area contributed by atoms with E-state index in [9.17, 15) is 26.4 Å².